The second kappa shape index (κ2) is 6.45. The first-order chi connectivity index (χ1) is 10.3. The van der Waals surface area contributed by atoms with Crippen molar-refractivity contribution in [2.24, 2.45) is 0 Å². The highest BCUT2D eigenvalue weighted by molar-refractivity contribution is 7.09. The lowest BCUT2D eigenvalue weighted by Gasteiger charge is -2.00. The van der Waals surface area contributed by atoms with Crippen LogP contribution in [0.25, 0.3) is 6.08 Å². The molecule has 0 atom stereocenters. The van der Waals surface area contributed by atoms with Crippen LogP contribution in [0.4, 0.5) is 0 Å². The van der Waals surface area contributed by atoms with Gasteiger partial charge in [-0.05, 0) is 35.2 Å². The fraction of sp³-hybridized carbons (Fsp3) is 0.188. The number of esters is 1. The van der Waals surface area contributed by atoms with E-state index in [2.05, 4.69) is 0 Å². The van der Waals surface area contributed by atoms with E-state index in [1.54, 1.807) is 17.4 Å². The van der Waals surface area contributed by atoms with Gasteiger partial charge in [-0.15, -0.1) is 11.3 Å². The van der Waals surface area contributed by atoms with Gasteiger partial charge in [0.2, 0.25) is 6.79 Å². The van der Waals surface area contributed by atoms with E-state index in [9.17, 15) is 4.79 Å². The van der Waals surface area contributed by atoms with Crippen LogP contribution in [0.1, 0.15) is 10.4 Å². The van der Waals surface area contributed by atoms with E-state index in [1.165, 1.54) is 11.0 Å². The Balaban J connectivity index is 1.50. The van der Waals surface area contributed by atoms with Crippen LogP contribution in [0.15, 0.2) is 41.8 Å². The molecule has 5 heteroatoms. The Bertz CT molecular complexity index is 646. The fourth-order valence-corrected chi connectivity index (χ4v) is 2.63. The van der Waals surface area contributed by atoms with E-state index in [4.69, 9.17) is 14.2 Å². The summed E-state index contributed by atoms with van der Waals surface area (Å²) in [4.78, 5) is 12.8. The zero-order valence-electron chi connectivity index (χ0n) is 11.3. The van der Waals surface area contributed by atoms with Gasteiger partial charge in [-0.1, -0.05) is 12.1 Å². The quantitative estimate of drug-likeness (QED) is 0.628. The van der Waals surface area contributed by atoms with E-state index >= 15 is 0 Å². The number of benzene rings is 1. The summed E-state index contributed by atoms with van der Waals surface area (Å²) in [5, 5.41) is 2.01. The molecule has 0 fully saturated rings. The number of thiophene rings is 1. The molecule has 0 bridgehead atoms. The van der Waals surface area contributed by atoms with E-state index in [-0.39, 0.29) is 12.8 Å². The summed E-state index contributed by atoms with van der Waals surface area (Å²) in [5.74, 6) is 1.08. The molecule has 0 aliphatic carbocycles. The summed E-state index contributed by atoms with van der Waals surface area (Å²) in [7, 11) is 0. The SMILES string of the molecule is O=C(/C=C/c1ccc2c(c1)OCO2)OCCc1cccs1. The second-order valence-electron chi connectivity index (χ2n) is 4.44. The molecule has 0 radical (unpaired) electrons. The van der Waals surface area contributed by atoms with Gasteiger partial charge < -0.3 is 14.2 Å². The van der Waals surface area contributed by atoms with Crippen LogP contribution in [0.3, 0.4) is 0 Å². The lowest BCUT2D eigenvalue weighted by atomic mass is 10.2. The van der Waals surface area contributed by atoms with Crippen molar-refractivity contribution in [3.63, 3.8) is 0 Å². The predicted octanol–water partition coefficient (Wildman–Crippen LogP) is 3.28. The molecule has 0 saturated heterocycles. The third-order valence-corrected chi connectivity index (χ3v) is 3.92. The molecule has 0 amide bonds. The molecule has 108 valence electrons. The maximum atomic E-state index is 11.6. The van der Waals surface area contributed by atoms with Crippen LogP contribution < -0.4 is 9.47 Å². The molecule has 0 spiro atoms. The van der Waals surface area contributed by atoms with Crippen molar-refractivity contribution in [2.75, 3.05) is 13.4 Å². The van der Waals surface area contributed by atoms with Crippen molar-refractivity contribution in [1.29, 1.82) is 0 Å². The van der Waals surface area contributed by atoms with E-state index in [0.29, 0.717) is 12.4 Å². The Labute approximate surface area is 126 Å². The van der Waals surface area contributed by atoms with Crippen LogP contribution in [0.2, 0.25) is 0 Å². The average Bonchev–Trinajstić information content (AvgIpc) is 3.15. The highest BCUT2D eigenvalue weighted by Gasteiger charge is 2.12. The van der Waals surface area contributed by atoms with E-state index in [0.717, 1.165) is 17.7 Å². The van der Waals surface area contributed by atoms with Crippen LogP contribution in [0, 0.1) is 0 Å². The van der Waals surface area contributed by atoms with Crippen molar-refractivity contribution < 1.29 is 19.0 Å². The molecular formula is C16H14O4S. The summed E-state index contributed by atoms with van der Waals surface area (Å²) in [5.41, 5.74) is 0.870. The van der Waals surface area contributed by atoms with Crippen molar-refractivity contribution >= 4 is 23.4 Å². The van der Waals surface area contributed by atoms with Crippen LogP contribution in [0.5, 0.6) is 11.5 Å². The highest BCUT2D eigenvalue weighted by Crippen LogP contribution is 2.32. The number of hydrogen-bond donors (Lipinski definition) is 0. The van der Waals surface area contributed by atoms with Crippen molar-refractivity contribution in [3.8, 4) is 11.5 Å². The summed E-state index contributed by atoms with van der Waals surface area (Å²) >= 11 is 1.66. The smallest absolute Gasteiger partial charge is 0.330 e. The number of rotatable bonds is 5. The Morgan fingerprint density at radius 2 is 2.19 bits per heavy atom. The Kier molecular flexibility index (Phi) is 4.21. The summed E-state index contributed by atoms with van der Waals surface area (Å²) in [6.07, 6.45) is 3.88. The maximum absolute atomic E-state index is 11.6. The fourth-order valence-electron chi connectivity index (χ4n) is 1.94. The topological polar surface area (TPSA) is 44.8 Å². The summed E-state index contributed by atoms with van der Waals surface area (Å²) < 4.78 is 15.7. The van der Waals surface area contributed by atoms with E-state index in [1.807, 2.05) is 35.7 Å². The predicted molar refractivity (Wildman–Crippen MR) is 80.6 cm³/mol. The minimum Gasteiger partial charge on any atom is -0.462 e. The van der Waals surface area contributed by atoms with Crippen molar-refractivity contribution in [2.45, 2.75) is 6.42 Å². The van der Waals surface area contributed by atoms with Gasteiger partial charge in [0.05, 0.1) is 6.61 Å². The standard InChI is InChI=1S/C16H14O4S/c17-16(18-8-7-13-2-1-9-21-13)6-4-12-3-5-14-15(10-12)20-11-19-14/h1-6,9-10H,7-8,11H2/b6-4+. The van der Waals surface area contributed by atoms with E-state index < -0.39 is 0 Å². The molecule has 4 nitrogen and oxygen atoms in total. The van der Waals surface area contributed by atoms with Gasteiger partial charge in [0.15, 0.2) is 11.5 Å². The molecule has 1 aliphatic heterocycles. The minimum atomic E-state index is -0.343. The van der Waals surface area contributed by atoms with Gasteiger partial charge in [0.1, 0.15) is 0 Å². The Morgan fingerprint density at radius 3 is 3.05 bits per heavy atom. The molecule has 2 aromatic rings. The Hall–Kier alpha value is -2.27. The summed E-state index contributed by atoms with van der Waals surface area (Å²) in [6, 6.07) is 9.53. The molecule has 0 N–H and O–H groups in total. The molecule has 0 unspecified atom stereocenters. The molecule has 3 rings (SSSR count). The molecule has 1 aromatic heterocycles. The first-order valence-electron chi connectivity index (χ1n) is 6.58. The molecule has 2 heterocycles. The second-order valence-corrected chi connectivity index (χ2v) is 5.48. The van der Waals surface area contributed by atoms with Gasteiger partial charge in [-0.25, -0.2) is 4.79 Å². The van der Waals surface area contributed by atoms with Gasteiger partial charge in [-0.2, -0.15) is 0 Å². The third kappa shape index (κ3) is 3.64. The number of carbonyl (C=O) groups excluding carboxylic acids is 1. The number of ether oxygens (including phenoxy) is 3. The maximum Gasteiger partial charge on any atom is 0.330 e. The molecular weight excluding hydrogens is 288 g/mol. The van der Waals surface area contributed by atoms with Crippen LogP contribution in [-0.4, -0.2) is 19.4 Å². The number of fused-ring (bicyclic) bond motifs is 1. The zero-order valence-corrected chi connectivity index (χ0v) is 12.1. The van der Waals surface area contributed by atoms with Crippen molar-refractivity contribution in [1.82, 2.24) is 0 Å². The van der Waals surface area contributed by atoms with Crippen molar-refractivity contribution in [3.05, 3.63) is 52.2 Å². The Morgan fingerprint density at radius 1 is 1.29 bits per heavy atom. The van der Waals surface area contributed by atoms with Gasteiger partial charge in [0.25, 0.3) is 0 Å². The summed E-state index contributed by atoms with van der Waals surface area (Å²) in [6.45, 7) is 0.637. The normalized spacial score (nSPS) is 12.8. The number of carbonyl (C=O) groups is 1. The van der Waals surface area contributed by atoms with Gasteiger partial charge >= 0.3 is 5.97 Å². The first kappa shape index (κ1) is 13.7. The van der Waals surface area contributed by atoms with Gasteiger partial charge in [0, 0.05) is 17.4 Å². The molecule has 1 aliphatic rings. The zero-order chi connectivity index (χ0) is 14.5. The van der Waals surface area contributed by atoms with Crippen LogP contribution >= 0.6 is 11.3 Å². The average molecular weight is 302 g/mol. The van der Waals surface area contributed by atoms with Gasteiger partial charge in [-0.3, -0.25) is 0 Å². The minimum absolute atomic E-state index is 0.243. The molecule has 1 aromatic carbocycles. The monoisotopic (exact) mass is 302 g/mol. The third-order valence-electron chi connectivity index (χ3n) is 2.98. The first-order valence-corrected chi connectivity index (χ1v) is 7.46. The lowest BCUT2D eigenvalue weighted by Crippen LogP contribution is -2.03. The molecule has 0 saturated carbocycles. The largest absolute Gasteiger partial charge is 0.462 e. The molecule has 21 heavy (non-hydrogen) atoms. The lowest BCUT2D eigenvalue weighted by molar-refractivity contribution is -0.137. The van der Waals surface area contributed by atoms with Crippen LogP contribution in [-0.2, 0) is 16.0 Å². The number of hydrogen-bond acceptors (Lipinski definition) is 5. The highest BCUT2D eigenvalue weighted by atomic mass is 32.1.